The molecule has 1 aliphatic heterocycles. The van der Waals surface area contributed by atoms with Crippen molar-refractivity contribution in [3.63, 3.8) is 0 Å². The molecule has 0 spiro atoms. The summed E-state index contributed by atoms with van der Waals surface area (Å²) >= 11 is 5.41. The third kappa shape index (κ3) is 4.01. The maximum Gasteiger partial charge on any atom is 0.409 e. The van der Waals surface area contributed by atoms with Crippen molar-refractivity contribution in [3.05, 3.63) is 29.6 Å². The first-order chi connectivity index (χ1) is 12.5. The summed E-state index contributed by atoms with van der Waals surface area (Å²) < 4.78 is 10.9. The molecule has 0 N–H and O–H groups in total. The molecule has 1 saturated heterocycles. The van der Waals surface area contributed by atoms with E-state index in [1.54, 1.807) is 11.8 Å². The van der Waals surface area contributed by atoms with Gasteiger partial charge < -0.3 is 19.3 Å². The highest BCUT2D eigenvalue weighted by Crippen LogP contribution is 2.20. The van der Waals surface area contributed by atoms with Crippen LogP contribution in [0.2, 0.25) is 0 Å². The number of nitrogens with zero attached hydrogens (tertiary/aromatic N) is 4. The van der Waals surface area contributed by atoms with E-state index in [0.29, 0.717) is 43.7 Å². The van der Waals surface area contributed by atoms with Crippen molar-refractivity contribution in [1.29, 1.82) is 0 Å². The Bertz CT molecular complexity index is 835. The number of thiocarbonyl (C=S) groups is 1. The van der Waals surface area contributed by atoms with Gasteiger partial charge in [-0.25, -0.2) is 14.8 Å². The van der Waals surface area contributed by atoms with Crippen LogP contribution in [0.25, 0.3) is 11.0 Å². The molecule has 1 aliphatic rings. The SMILES string of the molecule is CCOC(=O)N1CCN(C(=S)Oc2ccc3nc(C)c(C)nc3c2)CC1. The van der Waals surface area contributed by atoms with Gasteiger partial charge in [0.1, 0.15) is 5.75 Å². The second kappa shape index (κ2) is 7.82. The number of benzene rings is 1. The number of carbonyl (C=O) groups is 1. The highest BCUT2D eigenvalue weighted by atomic mass is 32.1. The highest BCUT2D eigenvalue weighted by Gasteiger charge is 2.24. The Morgan fingerprint density at radius 3 is 2.35 bits per heavy atom. The van der Waals surface area contributed by atoms with Crippen molar-refractivity contribution in [2.75, 3.05) is 32.8 Å². The lowest BCUT2D eigenvalue weighted by atomic mass is 10.2. The number of hydrogen-bond acceptors (Lipinski definition) is 6. The number of aromatic nitrogens is 2. The summed E-state index contributed by atoms with van der Waals surface area (Å²) in [6, 6.07) is 5.56. The average Bonchev–Trinajstić information content (AvgIpc) is 2.63. The van der Waals surface area contributed by atoms with Crippen molar-refractivity contribution in [3.8, 4) is 5.75 Å². The molecule has 0 atom stereocenters. The first-order valence-electron chi connectivity index (χ1n) is 8.61. The Balaban J connectivity index is 1.62. The topological polar surface area (TPSA) is 67.8 Å². The van der Waals surface area contributed by atoms with Gasteiger partial charge in [-0.2, -0.15) is 0 Å². The summed E-state index contributed by atoms with van der Waals surface area (Å²) in [6.45, 7) is 8.40. The summed E-state index contributed by atoms with van der Waals surface area (Å²) in [4.78, 5) is 24.4. The van der Waals surface area contributed by atoms with Crippen molar-refractivity contribution < 1.29 is 14.3 Å². The van der Waals surface area contributed by atoms with Crippen LogP contribution < -0.4 is 4.74 Å². The minimum Gasteiger partial charge on any atom is -0.450 e. The number of rotatable bonds is 2. The van der Waals surface area contributed by atoms with Gasteiger partial charge in [0.05, 0.1) is 29.0 Å². The number of amides is 1. The van der Waals surface area contributed by atoms with E-state index in [-0.39, 0.29) is 6.09 Å². The molecule has 7 nitrogen and oxygen atoms in total. The van der Waals surface area contributed by atoms with E-state index in [2.05, 4.69) is 9.97 Å². The second-order valence-corrected chi connectivity index (χ2v) is 6.44. The second-order valence-electron chi connectivity index (χ2n) is 6.09. The lowest BCUT2D eigenvalue weighted by Gasteiger charge is -2.34. The fourth-order valence-electron chi connectivity index (χ4n) is 2.73. The molecule has 1 aromatic heterocycles. The largest absolute Gasteiger partial charge is 0.450 e. The standard InChI is InChI=1S/C18H22N4O3S/c1-4-24-17(23)21-7-9-22(10-8-21)18(26)25-14-5-6-15-16(11-14)20-13(3)12(2)19-15/h5-6,11H,4,7-10H2,1-3H3. The quantitative estimate of drug-likeness (QED) is 0.749. The fraction of sp³-hybridized carbons (Fsp3) is 0.444. The molecule has 0 saturated carbocycles. The zero-order valence-corrected chi connectivity index (χ0v) is 16.0. The predicted octanol–water partition coefficient (Wildman–Crippen LogP) is 2.68. The first kappa shape index (κ1) is 18.3. The number of fused-ring (bicyclic) bond motifs is 1. The summed E-state index contributed by atoms with van der Waals surface area (Å²) in [5.41, 5.74) is 3.42. The highest BCUT2D eigenvalue weighted by molar-refractivity contribution is 7.80. The smallest absolute Gasteiger partial charge is 0.409 e. The third-order valence-corrected chi connectivity index (χ3v) is 4.66. The summed E-state index contributed by atoms with van der Waals surface area (Å²) in [5.74, 6) is 0.632. The van der Waals surface area contributed by atoms with Crippen LogP contribution >= 0.6 is 12.2 Å². The van der Waals surface area contributed by atoms with Gasteiger partial charge >= 0.3 is 6.09 Å². The lowest BCUT2D eigenvalue weighted by Crippen LogP contribution is -2.51. The monoisotopic (exact) mass is 374 g/mol. The van der Waals surface area contributed by atoms with Crippen LogP contribution in [-0.4, -0.2) is 63.8 Å². The molecule has 2 aromatic rings. The van der Waals surface area contributed by atoms with Gasteiger partial charge in [-0.05, 0) is 45.1 Å². The Kier molecular flexibility index (Phi) is 5.51. The van der Waals surface area contributed by atoms with Crippen molar-refractivity contribution in [1.82, 2.24) is 19.8 Å². The van der Waals surface area contributed by atoms with Crippen LogP contribution in [0.4, 0.5) is 4.79 Å². The Labute approximate surface area is 157 Å². The van der Waals surface area contributed by atoms with E-state index in [1.807, 2.05) is 36.9 Å². The van der Waals surface area contributed by atoms with Crippen molar-refractivity contribution >= 4 is 34.5 Å². The molecule has 1 fully saturated rings. The van der Waals surface area contributed by atoms with Crippen LogP contribution in [0.1, 0.15) is 18.3 Å². The van der Waals surface area contributed by atoms with Crippen LogP contribution in [0.15, 0.2) is 18.2 Å². The van der Waals surface area contributed by atoms with Gasteiger partial charge in [0, 0.05) is 32.2 Å². The molecule has 0 aliphatic carbocycles. The molecule has 0 radical (unpaired) electrons. The van der Waals surface area contributed by atoms with E-state index < -0.39 is 0 Å². The molecule has 0 bridgehead atoms. The van der Waals surface area contributed by atoms with Gasteiger partial charge in [0.15, 0.2) is 0 Å². The summed E-state index contributed by atoms with van der Waals surface area (Å²) in [5, 5.41) is 0.393. The molecule has 0 unspecified atom stereocenters. The summed E-state index contributed by atoms with van der Waals surface area (Å²) in [7, 11) is 0. The van der Waals surface area contributed by atoms with E-state index in [9.17, 15) is 4.79 Å². The maximum absolute atomic E-state index is 11.7. The molecule has 138 valence electrons. The van der Waals surface area contributed by atoms with Crippen molar-refractivity contribution in [2.24, 2.45) is 0 Å². The predicted molar refractivity (Wildman–Crippen MR) is 102 cm³/mol. The van der Waals surface area contributed by atoms with Crippen LogP contribution in [-0.2, 0) is 4.74 Å². The average molecular weight is 374 g/mol. The van der Waals surface area contributed by atoms with E-state index >= 15 is 0 Å². The molecule has 8 heteroatoms. The van der Waals surface area contributed by atoms with Gasteiger partial charge in [-0.15, -0.1) is 0 Å². The van der Waals surface area contributed by atoms with E-state index in [0.717, 1.165) is 22.4 Å². The van der Waals surface area contributed by atoms with Crippen LogP contribution in [0.5, 0.6) is 5.75 Å². The normalized spacial score (nSPS) is 14.4. The van der Waals surface area contributed by atoms with Gasteiger partial charge in [0.25, 0.3) is 5.17 Å². The van der Waals surface area contributed by atoms with Gasteiger partial charge in [-0.1, -0.05) is 0 Å². The van der Waals surface area contributed by atoms with Crippen LogP contribution in [0, 0.1) is 13.8 Å². The molecule has 1 amide bonds. The minimum atomic E-state index is -0.280. The lowest BCUT2D eigenvalue weighted by molar-refractivity contribution is 0.0902. The number of ether oxygens (including phenoxy) is 2. The van der Waals surface area contributed by atoms with Gasteiger partial charge in [0.2, 0.25) is 0 Å². The molecule has 3 rings (SSSR count). The minimum absolute atomic E-state index is 0.280. The first-order valence-corrected chi connectivity index (χ1v) is 9.02. The van der Waals surface area contributed by atoms with Crippen molar-refractivity contribution in [2.45, 2.75) is 20.8 Å². The zero-order chi connectivity index (χ0) is 18.7. The number of aryl methyl sites for hydroxylation is 2. The number of carbonyl (C=O) groups excluding carboxylic acids is 1. The zero-order valence-electron chi connectivity index (χ0n) is 15.2. The Morgan fingerprint density at radius 1 is 1.08 bits per heavy atom. The van der Waals surface area contributed by atoms with Gasteiger partial charge in [-0.3, -0.25) is 0 Å². The third-order valence-electron chi connectivity index (χ3n) is 4.32. The maximum atomic E-state index is 11.7. The molecule has 26 heavy (non-hydrogen) atoms. The molecular formula is C18H22N4O3S. The van der Waals surface area contributed by atoms with E-state index in [1.165, 1.54) is 0 Å². The fourth-order valence-corrected chi connectivity index (χ4v) is 3.00. The molecular weight excluding hydrogens is 352 g/mol. The molecule has 1 aromatic carbocycles. The Hall–Kier alpha value is -2.48. The Morgan fingerprint density at radius 2 is 1.69 bits per heavy atom. The van der Waals surface area contributed by atoms with E-state index in [4.69, 9.17) is 21.7 Å². The van der Waals surface area contributed by atoms with Crippen LogP contribution in [0.3, 0.4) is 0 Å². The number of hydrogen-bond donors (Lipinski definition) is 0. The molecule has 2 heterocycles. The number of piperazine rings is 1. The summed E-state index contributed by atoms with van der Waals surface area (Å²) in [6.07, 6.45) is -0.280.